The molecule has 1 N–H and O–H groups in total. The Hall–Kier alpha value is -1.72. The first-order valence-corrected chi connectivity index (χ1v) is 7.11. The standard InChI is InChI=1S/C16H20O5/c1-2-21-15(19)16(11-20-9-8-14(16)18)10-13(17)12-6-4-3-5-7-12/h3-7,13,17H,2,8-11H2,1H3. The lowest BCUT2D eigenvalue weighted by Gasteiger charge is -2.34. The molecule has 0 aromatic heterocycles. The predicted molar refractivity (Wildman–Crippen MR) is 75.5 cm³/mol. The van der Waals surface area contributed by atoms with E-state index in [4.69, 9.17) is 9.47 Å². The molecule has 1 aliphatic rings. The van der Waals surface area contributed by atoms with Gasteiger partial charge < -0.3 is 14.6 Å². The number of carbonyl (C=O) groups excluding carboxylic acids is 2. The lowest BCUT2D eigenvalue weighted by Crippen LogP contribution is -2.49. The van der Waals surface area contributed by atoms with Gasteiger partial charge in [-0.1, -0.05) is 30.3 Å². The van der Waals surface area contributed by atoms with Crippen molar-refractivity contribution in [1.29, 1.82) is 0 Å². The SMILES string of the molecule is CCOC(=O)C1(CC(O)c2ccccc2)COCCC1=O. The summed E-state index contributed by atoms with van der Waals surface area (Å²) in [5.41, 5.74) is -0.733. The fourth-order valence-electron chi connectivity index (χ4n) is 2.55. The molecule has 0 amide bonds. The number of esters is 1. The maximum absolute atomic E-state index is 12.3. The summed E-state index contributed by atoms with van der Waals surface area (Å²) in [6, 6.07) is 8.96. The summed E-state index contributed by atoms with van der Waals surface area (Å²) >= 11 is 0. The van der Waals surface area contributed by atoms with Crippen molar-refractivity contribution < 1.29 is 24.2 Å². The fourth-order valence-corrected chi connectivity index (χ4v) is 2.55. The molecule has 2 unspecified atom stereocenters. The first-order valence-electron chi connectivity index (χ1n) is 7.11. The van der Waals surface area contributed by atoms with Crippen LogP contribution in [0.4, 0.5) is 0 Å². The number of ketones is 1. The summed E-state index contributed by atoms with van der Waals surface area (Å²) in [7, 11) is 0. The highest BCUT2D eigenvalue weighted by Crippen LogP contribution is 2.36. The van der Waals surface area contributed by atoms with Gasteiger partial charge in [-0.2, -0.15) is 0 Å². The van der Waals surface area contributed by atoms with E-state index in [0.29, 0.717) is 12.2 Å². The molecular weight excluding hydrogens is 272 g/mol. The number of hydrogen-bond acceptors (Lipinski definition) is 5. The van der Waals surface area contributed by atoms with Crippen LogP contribution in [0.1, 0.15) is 31.4 Å². The first-order chi connectivity index (χ1) is 10.1. The summed E-state index contributed by atoms with van der Waals surface area (Å²) in [4.78, 5) is 24.6. The Kier molecular flexibility index (Phi) is 5.09. The highest BCUT2D eigenvalue weighted by atomic mass is 16.5. The highest BCUT2D eigenvalue weighted by Gasteiger charge is 2.50. The van der Waals surface area contributed by atoms with Gasteiger partial charge in [0.05, 0.1) is 25.9 Å². The van der Waals surface area contributed by atoms with Gasteiger partial charge in [-0.25, -0.2) is 0 Å². The van der Waals surface area contributed by atoms with Crippen molar-refractivity contribution in [3.05, 3.63) is 35.9 Å². The van der Waals surface area contributed by atoms with Gasteiger partial charge in [0.2, 0.25) is 0 Å². The van der Waals surface area contributed by atoms with E-state index in [2.05, 4.69) is 0 Å². The Bertz CT molecular complexity index is 499. The Balaban J connectivity index is 2.24. The molecule has 21 heavy (non-hydrogen) atoms. The van der Waals surface area contributed by atoms with Crippen LogP contribution in [0.2, 0.25) is 0 Å². The van der Waals surface area contributed by atoms with Gasteiger partial charge in [0.15, 0.2) is 11.2 Å². The molecule has 2 rings (SSSR count). The van der Waals surface area contributed by atoms with Gasteiger partial charge >= 0.3 is 5.97 Å². The molecule has 0 bridgehead atoms. The number of rotatable bonds is 5. The minimum atomic E-state index is -1.40. The van der Waals surface area contributed by atoms with Crippen LogP contribution in [0.25, 0.3) is 0 Å². The second-order valence-electron chi connectivity index (χ2n) is 5.16. The molecule has 1 saturated heterocycles. The molecule has 1 aromatic rings. The average Bonchev–Trinajstić information content (AvgIpc) is 2.50. The fraction of sp³-hybridized carbons (Fsp3) is 0.500. The third kappa shape index (κ3) is 3.31. The zero-order valence-corrected chi connectivity index (χ0v) is 12.1. The molecule has 1 heterocycles. The van der Waals surface area contributed by atoms with Crippen LogP contribution >= 0.6 is 0 Å². The molecule has 5 heteroatoms. The monoisotopic (exact) mass is 292 g/mol. The van der Waals surface area contributed by atoms with Crippen LogP contribution in [-0.4, -0.2) is 36.7 Å². The van der Waals surface area contributed by atoms with E-state index in [0.717, 1.165) is 0 Å². The van der Waals surface area contributed by atoms with E-state index >= 15 is 0 Å². The molecule has 0 saturated carbocycles. The third-order valence-corrected chi connectivity index (χ3v) is 3.75. The van der Waals surface area contributed by atoms with Gasteiger partial charge in [-0.3, -0.25) is 9.59 Å². The second-order valence-corrected chi connectivity index (χ2v) is 5.16. The second kappa shape index (κ2) is 6.83. The number of benzene rings is 1. The molecule has 5 nitrogen and oxygen atoms in total. The number of aliphatic hydroxyl groups is 1. The molecule has 0 radical (unpaired) electrons. The molecule has 0 aliphatic carbocycles. The molecule has 1 aromatic carbocycles. The van der Waals surface area contributed by atoms with Crippen molar-refractivity contribution in [2.45, 2.75) is 25.9 Å². The van der Waals surface area contributed by atoms with Crippen LogP contribution in [-0.2, 0) is 19.1 Å². The van der Waals surface area contributed by atoms with E-state index < -0.39 is 17.5 Å². The summed E-state index contributed by atoms with van der Waals surface area (Å²) in [6.07, 6.45) is -0.768. The summed E-state index contributed by atoms with van der Waals surface area (Å²) in [5, 5.41) is 10.4. The number of carbonyl (C=O) groups is 2. The van der Waals surface area contributed by atoms with Crippen LogP contribution in [0.15, 0.2) is 30.3 Å². The normalized spacial score (nSPS) is 23.6. The zero-order valence-electron chi connectivity index (χ0n) is 12.1. The predicted octanol–water partition coefficient (Wildman–Crippen LogP) is 1.65. The maximum atomic E-state index is 12.3. The van der Waals surface area contributed by atoms with Gasteiger partial charge in [0, 0.05) is 12.8 Å². The quantitative estimate of drug-likeness (QED) is 0.660. The molecule has 1 aliphatic heterocycles. The smallest absolute Gasteiger partial charge is 0.322 e. The minimum Gasteiger partial charge on any atom is -0.465 e. The molecular formula is C16H20O5. The summed E-state index contributed by atoms with van der Waals surface area (Å²) < 4.78 is 10.4. The molecule has 0 spiro atoms. The molecule has 114 valence electrons. The minimum absolute atomic E-state index is 0.0192. The number of aliphatic hydroxyl groups excluding tert-OH is 1. The number of Topliss-reactive ketones (excluding diaryl/α,β-unsaturated/α-hetero) is 1. The Labute approximate surface area is 123 Å². The Morgan fingerprint density at radius 2 is 2.14 bits per heavy atom. The van der Waals surface area contributed by atoms with Crippen LogP contribution in [0.5, 0.6) is 0 Å². The van der Waals surface area contributed by atoms with Crippen molar-refractivity contribution in [3.8, 4) is 0 Å². The van der Waals surface area contributed by atoms with Crippen molar-refractivity contribution >= 4 is 11.8 Å². The lowest BCUT2D eigenvalue weighted by atomic mass is 9.75. The van der Waals surface area contributed by atoms with E-state index in [1.54, 1.807) is 31.2 Å². The van der Waals surface area contributed by atoms with Gasteiger partial charge in [-0.15, -0.1) is 0 Å². The zero-order chi connectivity index (χ0) is 15.3. The Morgan fingerprint density at radius 1 is 1.43 bits per heavy atom. The summed E-state index contributed by atoms with van der Waals surface area (Å²) in [6.45, 7) is 2.15. The molecule has 2 atom stereocenters. The van der Waals surface area contributed by atoms with E-state index in [9.17, 15) is 14.7 Å². The molecule has 1 fully saturated rings. The van der Waals surface area contributed by atoms with Crippen molar-refractivity contribution in [1.82, 2.24) is 0 Å². The topological polar surface area (TPSA) is 72.8 Å². The van der Waals surface area contributed by atoms with Crippen LogP contribution in [0.3, 0.4) is 0 Å². The van der Waals surface area contributed by atoms with E-state index in [1.165, 1.54) is 0 Å². The van der Waals surface area contributed by atoms with E-state index in [1.807, 2.05) is 6.07 Å². The largest absolute Gasteiger partial charge is 0.465 e. The summed E-state index contributed by atoms with van der Waals surface area (Å²) in [5.74, 6) is -0.827. The van der Waals surface area contributed by atoms with Gasteiger partial charge in [0.1, 0.15) is 0 Å². The van der Waals surface area contributed by atoms with Crippen molar-refractivity contribution in [3.63, 3.8) is 0 Å². The third-order valence-electron chi connectivity index (χ3n) is 3.75. The van der Waals surface area contributed by atoms with E-state index in [-0.39, 0.29) is 31.8 Å². The number of hydrogen-bond donors (Lipinski definition) is 1. The average molecular weight is 292 g/mol. The van der Waals surface area contributed by atoms with Gasteiger partial charge in [-0.05, 0) is 12.5 Å². The highest BCUT2D eigenvalue weighted by molar-refractivity contribution is 6.04. The Morgan fingerprint density at radius 3 is 2.76 bits per heavy atom. The van der Waals surface area contributed by atoms with Crippen molar-refractivity contribution in [2.24, 2.45) is 5.41 Å². The lowest BCUT2D eigenvalue weighted by molar-refractivity contribution is -0.172. The van der Waals surface area contributed by atoms with Crippen molar-refractivity contribution in [2.75, 3.05) is 19.8 Å². The number of ether oxygens (including phenoxy) is 2. The van der Waals surface area contributed by atoms with Gasteiger partial charge in [0.25, 0.3) is 0 Å². The van der Waals surface area contributed by atoms with Crippen LogP contribution < -0.4 is 0 Å². The first kappa shape index (κ1) is 15.7. The van der Waals surface area contributed by atoms with Crippen LogP contribution in [0, 0.1) is 5.41 Å². The maximum Gasteiger partial charge on any atom is 0.322 e.